The van der Waals surface area contributed by atoms with E-state index in [1.54, 1.807) is 30.3 Å². The second-order valence-corrected chi connectivity index (χ2v) is 9.13. The Hall–Kier alpha value is -1.86. The summed E-state index contributed by atoms with van der Waals surface area (Å²) in [5.41, 5.74) is 0.230. The van der Waals surface area contributed by atoms with E-state index in [2.05, 4.69) is 0 Å². The summed E-state index contributed by atoms with van der Waals surface area (Å²) in [6.07, 6.45) is 0. The maximum Gasteiger partial charge on any atom is 0.186 e. The Labute approximate surface area is 129 Å². The first kappa shape index (κ1) is 15.1. The Kier molecular flexibility index (Phi) is 3.49. The molecular formula is C15H14O5S2. The van der Waals surface area contributed by atoms with Crippen molar-refractivity contribution in [3.05, 3.63) is 54.1 Å². The highest BCUT2D eigenvalue weighted by Gasteiger charge is 2.44. The molecule has 0 saturated carbocycles. The molecule has 0 radical (unpaired) electrons. The van der Waals surface area contributed by atoms with E-state index in [1.807, 2.05) is 0 Å². The van der Waals surface area contributed by atoms with Gasteiger partial charge in [0.05, 0.1) is 22.7 Å². The van der Waals surface area contributed by atoms with Crippen molar-refractivity contribution in [3.8, 4) is 5.75 Å². The molecule has 2 aromatic carbocycles. The van der Waals surface area contributed by atoms with E-state index in [9.17, 15) is 16.8 Å². The Morgan fingerprint density at radius 1 is 1.05 bits per heavy atom. The SMILES string of the molecule is COc1cccc2c1C(S(=O)(=O)c1ccccc1)CS2(=O)=O. The molecule has 0 saturated heterocycles. The molecule has 3 rings (SSSR count). The molecule has 1 aliphatic heterocycles. The first-order chi connectivity index (χ1) is 10.4. The fraction of sp³-hybridized carbons (Fsp3) is 0.200. The largest absolute Gasteiger partial charge is 0.496 e. The van der Waals surface area contributed by atoms with E-state index in [0.29, 0.717) is 0 Å². The van der Waals surface area contributed by atoms with Crippen LogP contribution in [0, 0.1) is 0 Å². The van der Waals surface area contributed by atoms with Crippen molar-refractivity contribution in [2.75, 3.05) is 12.9 Å². The van der Waals surface area contributed by atoms with Crippen LogP contribution in [-0.2, 0) is 19.7 Å². The number of ether oxygens (including phenoxy) is 1. The maximum atomic E-state index is 12.8. The van der Waals surface area contributed by atoms with E-state index in [1.165, 1.54) is 25.3 Å². The van der Waals surface area contributed by atoms with Crippen LogP contribution in [0.3, 0.4) is 0 Å². The Morgan fingerprint density at radius 3 is 2.36 bits per heavy atom. The lowest BCUT2D eigenvalue weighted by atomic mass is 10.1. The molecule has 0 amide bonds. The third kappa shape index (κ3) is 2.21. The highest BCUT2D eigenvalue weighted by molar-refractivity contribution is 7.96. The Balaban J connectivity index is 2.25. The van der Waals surface area contributed by atoms with Crippen molar-refractivity contribution >= 4 is 19.7 Å². The van der Waals surface area contributed by atoms with Gasteiger partial charge in [-0.1, -0.05) is 24.3 Å². The van der Waals surface area contributed by atoms with Crippen molar-refractivity contribution in [1.82, 2.24) is 0 Å². The molecule has 1 aliphatic rings. The van der Waals surface area contributed by atoms with Crippen LogP contribution in [0.4, 0.5) is 0 Å². The van der Waals surface area contributed by atoms with E-state index >= 15 is 0 Å². The molecule has 0 bridgehead atoms. The molecule has 0 fully saturated rings. The van der Waals surface area contributed by atoms with Crippen molar-refractivity contribution in [1.29, 1.82) is 0 Å². The van der Waals surface area contributed by atoms with Gasteiger partial charge >= 0.3 is 0 Å². The average Bonchev–Trinajstić information content (AvgIpc) is 2.81. The van der Waals surface area contributed by atoms with Gasteiger partial charge in [-0.15, -0.1) is 0 Å². The molecule has 1 unspecified atom stereocenters. The van der Waals surface area contributed by atoms with Crippen molar-refractivity contribution < 1.29 is 21.6 Å². The highest BCUT2D eigenvalue weighted by Crippen LogP contribution is 2.45. The van der Waals surface area contributed by atoms with Gasteiger partial charge in [0.25, 0.3) is 0 Å². The smallest absolute Gasteiger partial charge is 0.186 e. The number of sulfone groups is 2. The molecule has 116 valence electrons. The van der Waals surface area contributed by atoms with Gasteiger partial charge in [0.15, 0.2) is 19.7 Å². The van der Waals surface area contributed by atoms with Gasteiger partial charge in [-0.25, -0.2) is 16.8 Å². The standard InChI is InChI=1S/C15H14O5S2/c1-20-12-8-5-9-13-15(12)14(10-21(13,16)17)22(18,19)11-6-3-2-4-7-11/h2-9,14H,10H2,1H3. The van der Waals surface area contributed by atoms with Gasteiger partial charge in [0.1, 0.15) is 11.0 Å². The molecule has 0 aliphatic carbocycles. The predicted octanol–water partition coefficient (Wildman–Crippen LogP) is 2.00. The zero-order valence-corrected chi connectivity index (χ0v) is 13.4. The number of hydrogen-bond acceptors (Lipinski definition) is 5. The van der Waals surface area contributed by atoms with Crippen LogP contribution in [0.1, 0.15) is 10.8 Å². The monoisotopic (exact) mass is 338 g/mol. The van der Waals surface area contributed by atoms with Crippen molar-refractivity contribution in [3.63, 3.8) is 0 Å². The van der Waals surface area contributed by atoms with Gasteiger partial charge in [-0.3, -0.25) is 0 Å². The summed E-state index contributed by atoms with van der Waals surface area (Å²) in [6.45, 7) is 0. The van der Waals surface area contributed by atoms with E-state index in [-0.39, 0.29) is 21.1 Å². The minimum atomic E-state index is -3.81. The lowest BCUT2D eigenvalue weighted by Gasteiger charge is -2.14. The summed E-state index contributed by atoms with van der Waals surface area (Å²) < 4.78 is 55.4. The number of fused-ring (bicyclic) bond motifs is 1. The summed E-state index contributed by atoms with van der Waals surface area (Å²) in [6, 6.07) is 12.4. The first-order valence-corrected chi connectivity index (χ1v) is 9.76. The summed E-state index contributed by atoms with van der Waals surface area (Å²) in [5, 5.41) is -1.15. The topological polar surface area (TPSA) is 77.5 Å². The van der Waals surface area contributed by atoms with Gasteiger partial charge < -0.3 is 4.74 Å². The van der Waals surface area contributed by atoms with Crippen LogP contribution >= 0.6 is 0 Å². The van der Waals surface area contributed by atoms with Crippen LogP contribution in [0.25, 0.3) is 0 Å². The number of rotatable bonds is 3. The van der Waals surface area contributed by atoms with Gasteiger partial charge in [-0.2, -0.15) is 0 Å². The maximum absolute atomic E-state index is 12.8. The van der Waals surface area contributed by atoms with E-state index in [4.69, 9.17) is 4.74 Å². The summed E-state index contributed by atoms with van der Waals surface area (Å²) >= 11 is 0. The summed E-state index contributed by atoms with van der Waals surface area (Å²) in [7, 11) is -6.06. The molecule has 5 nitrogen and oxygen atoms in total. The Morgan fingerprint density at radius 2 is 1.73 bits per heavy atom. The molecule has 22 heavy (non-hydrogen) atoms. The fourth-order valence-corrected chi connectivity index (χ4v) is 7.04. The first-order valence-electron chi connectivity index (χ1n) is 6.56. The average molecular weight is 338 g/mol. The lowest BCUT2D eigenvalue weighted by molar-refractivity contribution is 0.408. The van der Waals surface area contributed by atoms with Crippen LogP contribution < -0.4 is 4.74 Å². The van der Waals surface area contributed by atoms with Gasteiger partial charge in [0.2, 0.25) is 0 Å². The molecule has 7 heteroatoms. The second-order valence-electron chi connectivity index (χ2n) is 5.00. The van der Waals surface area contributed by atoms with Gasteiger partial charge in [-0.05, 0) is 24.3 Å². The van der Waals surface area contributed by atoms with Crippen molar-refractivity contribution in [2.24, 2.45) is 0 Å². The molecule has 2 aromatic rings. The predicted molar refractivity (Wildman–Crippen MR) is 81.4 cm³/mol. The van der Waals surface area contributed by atoms with E-state index < -0.39 is 30.7 Å². The quantitative estimate of drug-likeness (QED) is 0.855. The Bertz CT molecular complexity index is 916. The lowest BCUT2D eigenvalue weighted by Crippen LogP contribution is -2.16. The van der Waals surface area contributed by atoms with Crippen LogP contribution in [-0.4, -0.2) is 29.7 Å². The van der Waals surface area contributed by atoms with Crippen molar-refractivity contribution in [2.45, 2.75) is 15.0 Å². The molecule has 0 aromatic heterocycles. The summed E-state index contributed by atoms with van der Waals surface area (Å²) in [5.74, 6) is -0.178. The van der Waals surface area contributed by atoms with Crippen LogP contribution in [0.2, 0.25) is 0 Å². The fourth-order valence-electron chi connectivity index (χ4n) is 2.68. The highest BCUT2D eigenvalue weighted by atomic mass is 32.2. The summed E-state index contributed by atoms with van der Waals surface area (Å²) in [4.78, 5) is 0.144. The number of benzene rings is 2. The third-order valence-corrected chi connectivity index (χ3v) is 7.81. The number of hydrogen-bond donors (Lipinski definition) is 0. The third-order valence-electron chi connectivity index (χ3n) is 3.72. The molecular weight excluding hydrogens is 324 g/mol. The minimum absolute atomic E-state index is 0.0383. The van der Waals surface area contributed by atoms with Crippen LogP contribution in [0.5, 0.6) is 5.75 Å². The van der Waals surface area contributed by atoms with Crippen LogP contribution in [0.15, 0.2) is 58.3 Å². The molecule has 0 N–H and O–H groups in total. The van der Waals surface area contributed by atoms with E-state index in [0.717, 1.165) is 0 Å². The zero-order chi connectivity index (χ0) is 16.0. The minimum Gasteiger partial charge on any atom is -0.496 e. The molecule has 1 heterocycles. The molecule has 0 spiro atoms. The zero-order valence-electron chi connectivity index (χ0n) is 11.8. The normalized spacial score (nSPS) is 19.6. The van der Waals surface area contributed by atoms with Gasteiger partial charge in [0, 0.05) is 5.56 Å². The second kappa shape index (κ2) is 5.10. The molecule has 1 atom stereocenters. The number of methoxy groups -OCH3 is 1.